The molecule has 0 aromatic carbocycles. The lowest BCUT2D eigenvalue weighted by Crippen LogP contribution is -2.36. The number of nitrogens with zero attached hydrogens (tertiary/aromatic N) is 8. The molecule has 4 aromatic heterocycles. The Morgan fingerprint density at radius 1 is 0.957 bits per heavy atom. The number of ether oxygens (including phenoxy) is 3. The molecule has 2 fully saturated rings. The molecule has 0 bridgehead atoms. The van der Waals surface area contributed by atoms with Crippen LogP contribution in [0.1, 0.15) is 25.8 Å². The van der Waals surface area contributed by atoms with Gasteiger partial charge in [0, 0.05) is 13.7 Å². The fourth-order valence-corrected chi connectivity index (χ4v) is 6.78. The van der Waals surface area contributed by atoms with Gasteiger partial charge >= 0.3 is 16.5 Å². The third kappa shape index (κ3) is 6.43. The second-order valence-corrected chi connectivity index (χ2v) is 12.5. The van der Waals surface area contributed by atoms with Gasteiger partial charge < -0.3 is 30.8 Å². The third-order valence-electron chi connectivity index (χ3n) is 7.57. The number of rotatable bonds is 14. The summed E-state index contributed by atoms with van der Waals surface area (Å²) in [5.41, 5.74) is 12.7. The summed E-state index contributed by atoms with van der Waals surface area (Å²) in [4.78, 5) is 24.4. The number of hydrogen-bond donors (Lipinski definition) is 3. The van der Waals surface area contributed by atoms with Crippen LogP contribution in [-0.4, -0.2) is 108 Å². The molecule has 0 aliphatic carbocycles. The van der Waals surface area contributed by atoms with Crippen LogP contribution in [0, 0.1) is 0 Å². The van der Waals surface area contributed by atoms with Crippen molar-refractivity contribution in [3.05, 3.63) is 25.3 Å². The average molecular weight is 701 g/mol. The van der Waals surface area contributed by atoms with Gasteiger partial charge in [0.2, 0.25) is 0 Å². The van der Waals surface area contributed by atoms with Crippen molar-refractivity contribution in [2.75, 3.05) is 38.4 Å². The Bertz CT molecular complexity index is 1770. The number of halogens is 1. The van der Waals surface area contributed by atoms with E-state index in [1.807, 2.05) is 6.92 Å². The Labute approximate surface area is 266 Å². The minimum atomic E-state index is -4.56. The van der Waals surface area contributed by atoms with E-state index in [1.165, 1.54) is 34.4 Å². The maximum Gasteiger partial charge on any atom is 0.475 e. The summed E-state index contributed by atoms with van der Waals surface area (Å²) in [6, 6.07) is 0. The summed E-state index contributed by atoms with van der Waals surface area (Å²) in [7, 11) is -4.27. The molecule has 6 rings (SSSR count). The van der Waals surface area contributed by atoms with Gasteiger partial charge in [0.1, 0.15) is 54.2 Å². The quantitative estimate of drug-likeness (QED) is 0.124. The number of nitrogen functional groups attached to an aromatic ring is 2. The van der Waals surface area contributed by atoms with Crippen LogP contribution in [-0.2, 0) is 41.4 Å². The summed E-state index contributed by atoms with van der Waals surface area (Å²) >= 11 is 0. The molecule has 23 heteroatoms. The van der Waals surface area contributed by atoms with Gasteiger partial charge in [-0.05, 0) is 6.42 Å². The summed E-state index contributed by atoms with van der Waals surface area (Å²) in [6.45, 7) is 1.54. The molecule has 9 unspecified atom stereocenters. The molecule has 2 aliphatic heterocycles. The van der Waals surface area contributed by atoms with Gasteiger partial charge in [-0.25, -0.2) is 43.4 Å². The van der Waals surface area contributed by atoms with Gasteiger partial charge in [0.25, 0.3) is 0 Å². The van der Waals surface area contributed by atoms with Crippen molar-refractivity contribution in [2.45, 2.75) is 62.5 Å². The minimum absolute atomic E-state index is 0.0923. The molecule has 0 saturated carbocycles. The Kier molecular flexibility index (Phi) is 10.00. The smallest absolute Gasteiger partial charge is 0.387 e. The van der Waals surface area contributed by atoms with Crippen molar-refractivity contribution in [1.82, 2.24) is 39.0 Å². The molecule has 9 atom stereocenters. The molecule has 47 heavy (non-hydrogen) atoms. The molecule has 0 radical (unpaired) electrons. The summed E-state index contributed by atoms with van der Waals surface area (Å²) in [5, 5.41) is 11.0. The van der Waals surface area contributed by atoms with E-state index < -0.39 is 72.3 Å². The van der Waals surface area contributed by atoms with Crippen LogP contribution in [0.3, 0.4) is 0 Å². The minimum Gasteiger partial charge on any atom is -0.387 e. The highest BCUT2D eigenvalue weighted by molar-refractivity contribution is 7.48. The number of aliphatic hydroxyl groups excluding tert-OH is 1. The SMILES string of the molecule is CCCOCC1OC(n2cnc3c(N)ncnc32)C(F)C1OP(=O)(OC)OCC1OC(n2cnc3c(N)ncnc32)C(OP=O)C1O. The molecule has 2 saturated heterocycles. The van der Waals surface area contributed by atoms with E-state index in [0.717, 1.165) is 7.11 Å². The van der Waals surface area contributed by atoms with Crippen molar-refractivity contribution in [3.8, 4) is 0 Å². The first kappa shape index (κ1) is 33.5. The monoisotopic (exact) mass is 700 g/mol. The number of anilines is 2. The average Bonchev–Trinajstić information content (AvgIpc) is 3.83. The van der Waals surface area contributed by atoms with Gasteiger partial charge in [-0.15, -0.1) is 0 Å². The van der Waals surface area contributed by atoms with E-state index in [9.17, 15) is 14.2 Å². The molecule has 5 N–H and O–H groups in total. The van der Waals surface area contributed by atoms with E-state index in [4.69, 9.17) is 43.8 Å². The first-order chi connectivity index (χ1) is 22.7. The van der Waals surface area contributed by atoms with E-state index in [1.54, 1.807) is 0 Å². The van der Waals surface area contributed by atoms with Gasteiger partial charge in [0.15, 0.2) is 41.6 Å². The number of fused-ring (bicyclic) bond motifs is 2. The first-order valence-corrected chi connectivity index (χ1v) is 16.4. The van der Waals surface area contributed by atoms with E-state index in [2.05, 4.69) is 29.9 Å². The van der Waals surface area contributed by atoms with Crippen LogP contribution in [0.4, 0.5) is 16.0 Å². The zero-order chi connectivity index (χ0) is 33.3. The summed E-state index contributed by atoms with van der Waals surface area (Å²) in [5.74, 6) is 0.195. The fraction of sp³-hybridized carbons (Fsp3) is 0.583. The molecule has 20 nitrogen and oxygen atoms in total. The Hall–Kier alpha value is -3.36. The topological polar surface area (TPSA) is 258 Å². The second-order valence-electron chi connectivity index (χ2n) is 10.4. The number of nitrogens with two attached hydrogens (primary N) is 2. The molecule has 0 amide bonds. The highest BCUT2D eigenvalue weighted by atomic mass is 31.2. The highest BCUT2D eigenvalue weighted by Gasteiger charge is 2.52. The summed E-state index contributed by atoms with van der Waals surface area (Å²) in [6.07, 6.45) is -5.16. The molecule has 4 aromatic rings. The molecule has 2 aliphatic rings. The Morgan fingerprint density at radius 3 is 2.17 bits per heavy atom. The van der Waals surface area contributed by atoms with Crippen LogP contribution < -0.4 is 11.5 Å². The maximum absolute atomic E-state index is 16.2. The fourth-order valence-electron chi connectivity index (χ4n) is 5.32. The zero-order valence-corrected chi connectivity index (χ0v) is 26.7. The van der Waals surface area contributed by atoms with Gasteiger partial charge in [0.05, 0.1) is 25.9 Å². The first-order valence-electron chi connectivity index (χ1n) is 14.2. The molecule has 0 spiro atoms. The Morgan fingerprint density at radius 2 is 1.57 bits per heavy atom. The lowest BCUT2D eigenvalue weighted by atomic mass is 10.1. The maximum atomic E-state index is 16.2. The number of alkyl halides is 1. The number of aliphatic hydroxyl groups is 1. The lowest BCUT2D eigenvalue weighted by molar-refractivity contribution is -0.0679. The number of aromatic nitrogens is 8. The predicted molar refractivity (Wildman–Crippen MR) is 157 cm³/mol. The van der Waals surface area contributed by atoms with Crippen molar-refractivity contribution in [2.24, 2.45) is 0 Å². The number of hydrogen-bond acceptors (Lipinski definition) is 18. The van der Waals surface area contributed by atoms with Crippen molar-refractivity contribution in [3.63, 3.8) is 0 Å². The van der Waals surface area contributed by atoms with Gasteiger partial charge in [-0.3, -0.25) is 27.2 Å². The van der Waals surface area contributed by atoms with Crippen LogP contribution in [0.2, 0.25) is 0 Å². The number of imidazole rings is 2. The lowest BCUT2D eigenvalue weighted by Gasteiger charge is -2.25. The van der Waals surface area contributed by atoms with Crippen LogP contribution in [0.5, 0.6) is 0 Å². The standard InChI is InChI=1S/C24H31FN10O10P2/c1-3-4-40-5-12-17(13(25)23(43-12)34-9-32-14-19(26)28-7-30-21(14)34)45-47(38,39-2)41-6-11-16(36)18(44-46-37)24(42-11)35-10-33-15-20(27)29-8-31-22(15)35/h7-13,16-18,23-24,36H,3-6H2,1-2H3,(H2,26,28,30)(H2,27,29,31). The van der Waals surface area contributed by atoms with Crippen LogP contribution in [0.15, 0.2) is 25.3 Å². The second kappa shape index (κ2) is 14.0. The predicted octanol–water partition coefficient (Wildman–Crippen LogP) is 1.50. The van der Waals surface area contributed by atoms with Gasteiger partial charge in [-0.2, -0.15) is 0 Å². The normalized spacial score (nSPS) is 29.3. The Balaban J connectivity index is 1.20. The molecule has 254 valence electrons. The molecular formula is C24H31FN10O10P2. The number of phosphoric acid groups is 1. The van der Waals surface area contributed by atoms with Crippen molar-refractivity contribution in [1.29, 1.82) is 0 Å². The third-order valence-corrected chi connectivity index (χ3v) is 9.31. The van der Waals surface area contributed by atoms with E-state index >= 15 is 4.39 Å². The molecule has 6 heterocycles. The molecular weight excluding hydrogens is 669 g/mol. The van der Waals surface area contributed by atoms with E-state index in [0.29, 0.717) is 13.0 Å². The largest absolute Gasteiger partial charge is 0.475 e. The van der Waals surface area contributed by atoms with Crippen LogP contribution >= 0.6 is 16.5 Å². The van der Waals surface area contributed by atoms with Crippen molar-refractivity contribution < 1.29 is 50.9 Å². The number of phosphoric ester groups is 1. The van der Waals surface area contributed by atoms with Crippen molar-refractivity contribution >= 4 is 50.5 Å². The van der Waals surface area contributed by atoms with Crippen LogP contribution in [0.25, 0.3) is 22.3 Å². The van der Waals surface area contributed by atoms with E-state index in [-0.39, 0.29) is 40.6 Å². The van der Waals surface area contributed by atoms with Gasteiger partial charge in [-0.1, -0.05) is 6.92 Å². The zero-order valence-electron chi connectivity index (χ0n) is 24.9. The summed E-state index contributed by atoms with van der Waals surface area (Å²) < 4.78 is 83.1. The highest BCUT2D eigenvalue weighted by Crippen LogP contribution is 2.54.